The van der Waals surface area contributed by atoms with Crippen LogP contribution >= 0.6 is 0 Å². The molecule has 0 radical (unpaired) electrons. The molecule has 1 aliphatic rings. The normalized spacial score (nSPS) is 19.5. The molecule has 144 valence electrons. The molecule has 4 rings (SSSR count). The van der Waals surface area contributed by atoms with E-state index >= 15 is 0 Å². The third-order valence-corrected chi connectivity index (χ3v) is 5.39. The predicted octanol–water partition coefficient (Wildman–Crippen LogP) is 2.85. The third kappa shape index (κ3) is 3.55. The smallest absolute Gasteiger partial charge is 0.250 e. The second kappa shape index (κ2) is 7.94. The van der Waals surface area contributed by atoms with Gasteiger partial charge in [0, 0.05) is 30.3 Å². The van der Waals surface area contributed by atoms with E-state index < -0.39 is 5.91 Å². The highest BCUT2D eigenvalue weighted by molar-refractivity contribution is 6.07. The largest absolute Gasteiger partial charge is 0.366 e. The number of benzene rings is 2. The van der Waals surface area contributed by atoms with Crippen molar-refractivity contribution in [3.63, 3.8) is 0 Å². The monoisotopic (exact) mass is 375 g/mol. The lowest BCUT2D eigenvalue weighted by Gasteiger charge is -2.34. The molecule has 1 amide bonds. The van der Waals surface area contributed by atoms with Crippen LogP contribution in [0.15, 0.2) is 48.5 Å². The van der Waals surface area contributed by atoms with Crippen LogP contribution in [0.1, 0.15) is 41.0 Å². The van der Waals surface area contributed by atoms with Crippen LogP contribution in [-0.2, 0) is 6.42 Å². The maximum atomic E-state index is 11.9. The number of rotatable bonds is 5. The summed E-state index contributed by atoms with van der Waals surface area (Å²) in [5, 5.41) is 7.95. The molecule has 0 saturated carbocycles. The van der Waals surface area contributed by atoms with E-state index in [0.29, 0.717) is 29.2 Å². The van der Waals surface area contributed by atoms with E-state index in [4.69, 9.17) is 10.7 Å². The van der Waals surface area contributed by atoms with Gasteiger partial charge in [-0.25, -0.2) is 9.97 Å². The molecule has 2 atom stereocenters. The highest BCUT2D eigenvalue weighted by atomic mass is 16.1. The maximum Gasteiger partial charge on any atom is 0.250 e. The van der Waals surface area contributed by atoms with E-state index in [1.807, 2.05) is 25.1 Å². The van der Waals surface area contributed by atoms with Crippen molar-refractivity contribution in [3.05, 3.63) is 65.5 Å². The molecule has 1 saturated heterocycles. The Bertz CT molecular complexity index is 989. The van der Waals surface area contributed by atoms with Gasteiger partial charge in [-0.15, -0.1) is 0 Å². The van der Waals surface area contributed by atoms with Crippen LogP contribution in [0.2, 0.25) is 0 Å². The minimum atomic E-state index is -0.473. The van der Waals surface area contributed by atoms with Crippen LogP contribution in [0, 0.1) is 0 Å². The number of primary amides is 1. The lowest BCUT2D eigenvalue weighted by atomic mass is 9.86. The summed E-state index contributed by atoms with van der Waals surface area (Å²) < 4.78 is 0. The molecule has 0 spiro atoms. The van der Waals surface area contributed by atoms with E-state index in [2.05, 4.69) is 39.9 Å². The van der Waals surface area contributed by atoms with Gasteiger partial charge in [0.25, 0.3) is 5.91 Å². The van der Waals surface area contributed by atoms with Crippen molar-refractivity contribution < 1.29 is 4.79 Å². The molecule has 3 aromatic rings. The molecular weight excluding hydrogens is 350 g/mol. The van der Waals surface area contributed by atoms with Crippen molar-refractivity contribution in [2.45, 2.75) is 31.7 Å². The zero-order valence-corrected chi connectivity index (χ0v) is 16.0. The first-order valence-electron chi connectivity index (χ1n) is 9.79. The summed E-state index contributed by atoms with van der Waals surface area (Å²) in [6.07, 6.45) is 1.74. The van der Waals surface area contributed by atoms with Gasteiger partial charge in [-0.3, -0.25) is 4.79 Å². The van der Waals surface area contributed by atoms with Crippen LogP contribution < -0.4 is 16.4 Å². The summed E-state index contributed by atoms with van der Waals surface area (Å²) in [5.41, 5.74) is 7.95. The van der Waals surface area contributed by atoms with Crippen LogP contribution in [0.25, 0.3) is 10.9 Å². The van der Waals surface area contributed by atoms with Gasteiger partial charge in [0.2, 0.25) is 0 Å². The summed E-state index contributed by atoms with van der Waals surface area (Å²) in [6, 6.07) is 16.3. The number of nitrogens with zero attached hydrogens (tertiary/aromatic N) is 2. The Kier molecular flexibility index (Phi) is 5.21. The first kappa shape index (κ1) is 18.4. The van der Waals surface area contributed by atoms with Crippen LogP contribution in [-0.4, -0.2) is 35.0 Å². The summed E-state index contributed by atoms with van der Waals surface area (Å²) >= 11 is 0. The molecule has 1 fully saturated rings. The maximum absolute atomic E-state index is 11.9. The van der Waals surface area contributed by atoms with Crippen molar-refractivity contribution in [1.82, 2.24) is 15.3 Å². The molecule has 1 aromatic heterocycles. The molecule has 4 N–H and O–H groups in total. The molecule has 2 aromatic carbocycles. The minimum Gasteiger partial charge on any atom is -0.366 e. The number of amides is 1. The van der Waals surface area contributed by atoms with Crippen LogP contribution in [0.5, 0.6) is 0 Å². The topological polar surface area (TPSA) is 92.9 Å². The predicted molar refractivity (Wildman–Crippen MR) is 112 cm³/mol. The molecule has 28 heavy (non-hydrogen) atoms. The number of para-hydroxylation sites is 1. The van der Waals surface area contributed by atoms with E-state index in [0.717, 1.165) is 30.7 Å². The molecule has 6 heteroatoms. The van der Waals surface area contributed by atoms with Gasteiger partial charge in [-0.1, -0.05) is 43.3 Å². The third-order valence-electron chi connectivity index (χ3n) is 5.39. The number of hydrogen-bond acceptors (Lipinski definition) is 5. The fraction of sp³-hybridized carbons (Fsp3) is 0.318. The molecule has 0 aliphatic carbocycles. The van der Waals surface area contributed by atoms with Crippen LogP contribution in [0.3, 0.4) is 0 Å². The number of nitrogens with one attached hydrogen (secondary N) is 2. The number of nitrogens with two attached hydrogens (primary N) is 1. The minimum absolute atomic E-state index is 0.191. The number of aryl methyl sites for hydroxylation is 1. The standard InChI is InChI=1S/C22H25N5O/c1-2-19-26-20-16(21(23)28)9-6-10-17(20)22(27-19)25-18-13-24-12-11-15(18)14-7-4-3-5-8-14/h3-10,15,18,24H,2,11-13H2,1H3,(H2,23,28)(H,25,26,27)/t15-,18+/m0/s1. The molecule has 2 heterocycles. The van der Waals surface area contributed by atoms with Crippen molar-refractivity contribution in [2.24, 2.45) is 5.73 Å². The lowest BCUT2D eigenvalue weighted by Crippen LogP contribution is -2.44. The van der Waals surface area contributed by atoms with Crippen molar-refractivity contribution >= 4 is 22.6 Å². The average molecular weight is 375 g/mol. The number of aromatic nitrogens is 2. The number of fused-ring (bicyclic) bond motifs is 1. The van der Waals surface area contributed by atoms with E-state index in [-0.39, 0.29) is 6.04 Å². The second-order valence-corrected chi connectivity index (χ2v) is 7.17. The molecule has 1 aliphatic heterocycles. The molecule has 0 bridgehead atoms. The van der Waals surface area contributed by atoms with Crippen LogP contribution in [0.4, 0.5) is 5.82 Å². The molecular formula is C22H25N5O. The first-order chi connectivity index (χ1) is 13.7. The van der Waals surface area contributed by atoms with Gasteiger partial charge in [-0.2, -0.15) is 0 Å². The first-order valence-corrected chi connectivity index (χ1v) is 9.79. The zero-order chi connectivity index (χ0) is 19.5. The number of carbonyl (C=O) groups is 1. The quantitative estimate of drug-likeness (QED) is 0.638. The summed E-state index contributed by atoms with van der Waals surface area (Å²) in [4.78, 5) is 21.2. The zero-order valence-electron chi connectivity index (χ0n) is 16.0. The van der Waals surface area contributed by atoms with Gasteiger partial charge in [-0.05, 0) is 30.7 Å². The highest BCUT2D eigenvalue weighted by Crippen LogP contribution is 2.30. The summed E-state index contributed by atoms with van der Waals surface area (Å²) in [5.74, 6) is 1.37. The Balaban J connectivity index is 1.76. The Morgan fingerprint density at radius 1 is 1.18 bits per heavy atom. The van der Waals surface area contributed by atoms with E-state index in [9.17, 15) is 4.79 Å². The van der Waals surface area contributed by atoms with Crippen molar-refractivity contribution in [3.8, 4) is 0 Å². The summed E-state index contributed by atoms with van der Waals surface area (Å²) in [7, 11) is 0. The Morgan fingerprint density at radius 2 is 2.00 bits per heavy atom. The molecule has 0 unspecified atom stereocenters. The Hall–Kier alpha value is -2.99. The van der Waals surface area contributed by atoms with Crippen molar-refractivity contribution in [2.75, 3.05) is 18.4 Å². The molecule has 6 nitrogen and oxygen atoms in total. The number of carbonyl (C=O) groups excluding carboxylic acids is 1. The Morgan fingerprint density at radius 3 is 2.75 bits per heavy atom. The fourth-order valence-corrected chi connectivity index (χ4v) is 3.95. The average Bonchev–Trinajstić information content (AvgIpc) is 2.74. The van der Waals surface area contributed by atoms with E-state index in [1.165, 1.54) is 5.56 Å². The fourth-order valence-electron chi connectivity index (χ4n) is 3.95. The number of hydrogen-bond donors (Lipinski definition) is 3. The second-order valence-electron chi connectivity index (χ2n) is 7.17. The van der Waals surface area contributed by atoms with Gasteiger partial charge >= 0.3 is 0 Å². The SMILES string of the molecule is CCc1nc(N[C@@H]2CNCC[C@H]2c2ccccc2)c2cccc(C(N)=O)c2n1. The van der Waals surface area contributed by atoms with Gasteiger partial charge < -0.3 is 16.4 Å². The lowest BCUT2D eigenvalue weighted by molar-refractivity contribution is 0.100. The van der Waals surface area contributed by atoms with Gasteiger partial charge in [0.15, 0.2) is 0 Å². The number of anilines is 1. The van der Waals surface area contributed by atoms with E-state index in [1.54, 1.807) is 6.07 Å². The Labute approximate surface area is 164 Å². The number of piperidine rings is 1. The van der Waals surface area contributed by atoms with Gasteiger partial charge in [0.1, 0.15) is 11.6 Å². The summed E-state index contributed by atoms with van der Waals surface area (Å²) in [6.45, 7) is 3.85. The van der Waals surface area contributed by atoms with Gasteiger partial charge in [0.05, 0.1) is 11.1 Å². The van der Waals surface area contributed by atoms with Crippen molar-refractivity contribution in [1.29, 1.82) is 0 Å². The highest BCUT2D eigenvalue weighted by Gasteiger charge is 2.27.